The molecule has 2 heteroatoms. The highest BCUT2D eigenvalue weighted by Gasteiger charge is 2.22. The smallest absolute Gasteiger partial charge is 0.163 e. The van der Waals surface area contributed by atoms with E-state index in [-0.39, 0.29) is 5.92 Å². The third kappa shape index (κ3) is 2.10. The van der Waals surface area contributed by atoms with Crippen molar-refractivity contribution in [3.63, 3.8) is 0 Å². The van der Waals surface area contributed by atoms with Crippen molar-refractivity contribution in [1.82, 2.24) is 4.90 Å². The number of rotatable bonds is 1. The lowest BCUT2D eigenvalue weighted by Crippen LogP contribution is -2.20. The Labute approximate surface area is 74.2 Å². The molecular weight excluding hydrogens is 150 g/mol. The summed E-state index contributed by atoms with van der Waals surface area (Å²) in [5, 5.41) is 0. The molecule has 1 atom stereocenters. The molecule has 1 saturated carbocycles. The standard InChI is InChI=1S/C10H17NO/c1-8-5-4-6-9(10(8)12)7-11(2)3/h7-8H,4-6H2,1-3H3. The van der Waals surface area contributed by atoms with Gasteiger partial charge in [0.15, 0.2) is 5.78 Å². The highest BCUT2D eigenvalue weighted by Crippen LogP contribution is 2.24. The van der Waals surface area contributed by atoms with Gasteiger partial charge in [-0.05, 0) is 19.3 Å². The van der Waals surface area contributed by atoms with E-state index in [9.17, 15) is 4.79 Å². The van der Waals surface area contributed by atoms with Crippen LogP contribution >= 0.6 is 0 Å². The van der Waals surface area contributed by atoms with Crippen LogP contribution in [0.15, 0.2) is 11.8 Å². The molecule has 0 aromatic rings. The number of carbonyl (C=O) groups excluding carboxylic acids is 1. The van der Waals surface area contributed by atoms with Crippen LogP contribution in [0.1, 0.15) is 26.2 Å². The van der Waals surface area contributed by atoms with E-state index < -0.39 is 0 Å². The predicted octanol–water partition coefficient (Wildman–Crippen LogP) is 1.82. The maximum absolute atomic E-state index is 11.6. The van der Waals surface area contributed by atoms with E-state index in [0.29, 0.717) is 5.78 Å². The fraction of sp³-hybridized carbons (Fsp3) is 0.700. The molecule has 1 unspecified atom stereocenters. The minimum Gasteiger partial charge on any atom is -0.383 e. The minimum atomic E-state index is 0.241. The van der Waals surface area contributed by atoms with E-state index in [0.717, 1.165) is 24.8 Å². The number of nitrogens with zero attached hydrogens (tertiary/aromatic N) is 1. The predicted molar refractivity (Wildman–Crippen MR) is 49.8 cm³/mol. The summed E-state index contributed by atoms with van der Waals surface area (Å²) in [5.41, 5.74) is 0.999. The summed E-state index contributed by atoms with van der Waals surface area (Å²) in [7, 11) is 3.92. The van der Waals surface area contributed by atoms with E-state index in [1.54, 1.807) is 0 Å². The SMILES string of the molecule is CC1CCCC(=CN(C)C)C1=O. The van der Waals surface area contributed by atoms with Gasteiger partial charge in [0.1, 0.15) is 0 Å². The van der Waals surface area contributed by atoms with Gasteiger partial charge in [-0.3, -0.25) is 4.79 Å². The Morgan fingerprint density at radius 3 is 2.75 bits per heavy atom. The van der Waals surface area contributed by atoms with E-state index >= 15 is 0 Å². The minimum absolute atomic E-state index is 0.241. The second-order valence-electron chi connectivity index (χ2n) is 3.78. The van der Waals surface area contributed by atoms with Gasteiger partial charge in [0.25, 0.3) is 0 Å². The highest BCUT2D eigenvalue weighted by atomic mass is 16.1. The first-order chi connectivity index (χ1) is 5.61. The molecule has 0 amide bonds. The van der Waals surface area contributed by atoms with Crippen LogP contribution in [-0.2, 0) is 4.79 Å². The summed E-state index contributed by atoms with van der Waals surface area (Å²) >= 11 is 0. The first kappa shape index (κ1) is 9.30. The molecule has 0 N–H and O–H groups in total. The van der Waals surface area contributed by atoms with Crippen molar-refractivity contribution >= 4 is 5.78 Å². The lowest BCUT2D eigenvalue weighted by Gasteiger charge is -2.20. The van der Waals surface area contributed by atoms with E-state index in [1.165, 1.54) is 0 Å². The van der Waals surface area contributed by atoms with Gasteiger partial charge in [0.2, 0.25) is 0 Å². The molecule has 1 fully saturated rings. The second-order valence-corrected chi connectivity index (χ2v) is 3.78. The fourth-order valence-corrected chi connectivity index (χ4v) is 1.61. The second kappa shape index (κ2) is 3.74. The zero-order valence-electron chi connectivity index (χ0n) is 8.13. The van der Waals surface area contributed by atoms with Crippen LogP contribution in [0, 0.1) is 5.92 Å². The number of Topliss-reactive ketones (excluding diaryl/α,β-unsaturated/α-hetero) is 1. The molecule has 0 aliphatic heterocycles. The van der Waals surface area contributed by atoms with Crippen molar-refractivity contribution < 1.29 is 4.79 Å². The Morgan fingerprint density at radius 1 is 1.50 bits per heavy atom. The molecule has 2 nitrogen and oxygen atoms in total. The van der Waals surface area contributed by atoms with Crippen LogP contribution in [0.3, 0.4) is 0 Å². The molecule has 0 radical (unpaired) electrons. The lowest BCUT2D eigenvalue weighted by molar-refractivity contribution is -0.120. The highest BCUT2D eigenvalue weighted by molar-refractivity contribution is 5.97. The zero-order valence-corrected chi connectivity index (χ0v) is 8.13. The average molecular weight is 167 g/mol. The van der Waals surface area contributed by atoms with Crippen LogP contribution in [0.25, 0.3) is 0 Å². The first-order valence-electron chi connectivity index (χ1n) is 4.52. The Hall–Kier alpha value is -0.790. The summed E-state index contributed by atoms with van der Waals surface area (Å²) in [4.78, 5) is 13.5. The Morgan fingerprint density at radius 2 is 2.17 bits per heavy atom. The Balaban J connectivity index is 2.70. The number of hydrogen-bond acceptors (Lipinski definition) is 2. The zero-order chi connectivity index (χ0) is 9.14. The maximum Gasteiger partial charge on any atom is 0.163 e. The molecule has 0 aromatic heterocycles. The Kier molecular flexibility index (Phi) is 2.90. The van der Waals surface area contributed by atoms with Crippen LogP contribution in [-0.4, -0.2) is 24.8 Å². The van der Waals surface area contributed by atoms with Crippen molar-refractivity contribution in [2.75, 3.05) is 14.1 Å². The van der Waals surface area contributed by atoms with Crippen LogP contribution < -0.4 is 0 Å². The van der Waals surface area contributed by atoms with Gasteiger partial charge < -0.3 is 4.90 Å². The monoisotopic (exact) mass is 167 g/mol. The van der Waals surface area contributed by atoms with Gasteiger partial charge in [0, 0.05) is 31.8 Å². The van der Waals surface area contributed by atoms with Crippen LogP contribution in [0.2, 0.25) is 0 Å². The van der Waals surface area contributed by atoms with E-state index in [1.807, 2.05) is 32.1 Å². The summed E-state index contributed by atoms with van der Waals surface area (Å²) < 4.78 is 0. The molecule has 0 aromatic carbocycles. The van der Waals surface area contributed by atoms with Crippen LogP contribution in [0.4, 0.5) is 0 Å². The number of ketones is 1. The lowest BCUT2D eigenvalue weighted by atomic mass is 9.86. The number of allylic oxidation sites excluding steroid dienone is 1. The molecule has 68 valence electrons. The number of carbonyl (C=O) groups is 1. The van der Waals surface area contributed by atoms with Gasteiger partial charge in [-0.25, -0.2) is 0 Å². The summed E-state index contributed by atoms with van der Waals surface area (Å²) in [6, 6.07) is 0. The topological polar surface area (TPSA) is 20.3 Å². The van der Waals surface area contributed by atoms with Crippen molar-refractivity contribution in [3.05, 3.63) is 11.8 Å². The largest absolute Gasteiger partial charge is 0.383 e. The van der Waals surface area contributed by atoms with E-state index in [2.05, 4.69) is 0 Å². The average Bonchev–Trinajstić information content (AvgIpc) is 1.98. The maximum atomic E-state index is 11.6. The molecule has 0 saturated heterocycles. The molecule has 0 heterocycles. The van der Waals surface area contributed by atoms with Crippen molar-refractivity contribution in [3.8, 4) is 0 Å². The van der Waals surface area contributed by atoms with Gasteiger partial charge in [0.05, 0.1) is 0 Å². The molecular formula is C10H17NO. The van der Waals surface area contributed by atoms with Gasteiger partial charge in [-0.15, -0.1) is 0 Å². The molecule has 1 aliphatic carbocycles. The summed E-state index contributed by atoms with van der Waals surface area (Å²) in [5.74, 6) is 0.583. The van der Waals surface area contributed by atoms with Crippen LogP contribution in [0.5, 0.6) is 0 Å². The van der Waals surface area contributed by atoms with Gasteiger partial charge >= 0.3 is 0 Å². The Bertz CT molecular complexity index is 206. The summed E-state index contributed by atoms with van der Waals surface area (Å²) in [6.45, 7) is 2.02. The van der Waals surface area contributed by atoms with Crippen molar-refractivity contribution in [2.24, 2.45) is 5.92 Å². The summed E-state index contributed by atoms with van der Waals surface area (Å²) in [6.07, 6.45) is 5.13. The normalized spacial score (nSPS) is 27.8. The third-order valence-electron chi connectivity index (χ3n) is 2.26. The molecule has 1 rings (SSSR count). The molecule has 0 bridgehead atoms. The van der Waals surface area contributed by atoms with Crippen molar-refractivity contribution in [2.45, 2.75) is 26.2 Å². The third-order valence-corrected chi connectivity index (χ3v) is 2.26. The molecule has 1 aliphatic rings. The fourth-order valence-electron chi connectivity index (χ4n) is 1.61. The molecule has 12 heavy (non-hydrogen) atoms. The van der Waals surface area contributed by atoms with E-state index in [4.69, 9.17) is 0 Å². The molecule has 0 spiro atoms. The quantitative estimate of drug-likeness (QED) is 0.555. The van der Waals surface area contributed by atoms with Gasteiger partial charge in [-0.2, -0.15) is 0 Å². The van der Waals surface area contributed by atoms with Crippen molar-refractivity contribution in [1.29, 1.82) is 0 Å². The first-order valence-corrected chi connectivity index (χ1v) is 4.52. The number of hydrogen-bond donors (Lipinski definition) is 0. The van der Waals surface area contributed by atoms with Gasteiger partial charge in [-0.1, -0.05) is 6.92 Å².